The van der Waals surface area contributed by atoms with Crippen LogP contribution in [0.2, 0.25) is 0 Å². The van der Waals surface area contributed by atoms with E-state index in [4.69, 9.17) is 11.5 Å². The van der Waals surface area contributed by atoms with Crippen molar-refractivity contribution >= 4 is 5.69 Å². The lowest BCUT2D eigenvalue weighted by molar-refractivity contribution is 0.162. The molecule has 1 aromatic carbocycles. The van der Waals surface area contributed by atoms with Crippen LogP contribution in [0.25, 0.3) is 0 Å². The first-order chi connectivity index (χ1) is 6.45. The van der Waals surface area contributed by atoms with Crippen LogP contribution in [0, 0.1) is 6.92 Å². The monoisotopic (exact) mass is 196 g/mol. The van der Waals surface area contributed by atoms with E-state index in [0.717, 1.165) is 5.56 Å². The van der Waals surface area contributed by atoms with E-state index in [-0.39, 0.29) is 11.4 Å². The second kappa shape index (κ2) is 3.86. The molecular weight excluding hydrogens is 180 g/mol. The maximum Gasteiger partial charge on any atom is 0.143 e. The highest BCUT2D eigenvalue weighted by atomic mass is 16.3. The molecule has 0 saturated carbocycles. The quantitative estimate of drug-likeness (QED) is 0.413. The van der Waals surface area contributed by atoms with Gasteiger partial charge in [0.15, 0.2) is 0 Å². The molecule has 14 heavy (non-hydrogen) atoms. The number of phenolic OH excluding ortho intramolecular Hbond substituents is 1. The summed E-state index contributed by atoms with van der Waals surface area (Å²) in [6.07, 6.45) is -0.721. The lowest BCUT2D eigenvalue weighted by Gasteiger charge is -2.19. The van der Waals surface area contributed by atoms with Gasteiger partial charge in [-0.3, -0.25) is 0 Å². The van der Waals surface area contributed by atoms with Gasteiger partial charge in [-0.1, -0.05) is 6.07 Å². The van der Waals surface area contributed by atoms with E-state index in [1.54, 1.807) is 19.1 Å². The largest absolute Gasteiger partial charge is 0.505 e. The summed E-state index contributed by atoms with van der Waals surface area (Å²) in [4.78, 5) is 0. The number of anilines is 1. The minimum atomic E-state index is -0.721. The third kappa shape index (κ3) is 1.81. The molecule has 0 saturated heterocycles. The molecule has 0 aliphatic carbocycles. The number of aliphatic hydroxyl groups excluding tert-OH is 1. The zero-order valence-corrected chi connectivity index (χ0v) is 8.36. The summed E-state index contributed by atoms with van der Waals surface area (Å²) in [5.41, 5.74) is 12.9. The van der Waals surface area contributed by atoms with Crippen LogP contribution >= 0.6 is 0 Å². The van der Waals surface area contributed by atoms with E-state index in [1.165, 1.54) is 0 Å². The predicted molar refractivity (Wildman–Crippen MR) is 55.9 cm³/mol. The first-order valence-electron chi connectivity index (χ1n) is 4.46. The Bertz CT molecular complexity index is 337. The van der Waals surface area contributed by atoms with Gasteiger partial charge in [-0.05, 0) is 25.5 Å². The number of phenols is 1. The Kier molecular flexibility index (Phi) is 2.98. The topological polar surface area (TPSA) is 92.5 Å². The Morgan fingerprint density at radius 2 is 1.93 bits per heavy atom. The zero-order chi connectivity index (χ0) is 10.9. The van der Waals surface area contributed by atoms with Crippen LogP contribution < -0.4 is 11.5 Å². The number of aliphatic hydroxyl groups is 1. The molecule has 1 aromatic rings. The maximum absolute atomic E-state index is 9.68. The number of nitrogen functional groups attached to an aromatic ring is 1. The van der Waals surface area contributed by atoms with Gasteiger partial charge < -0.3 is 21.7 Å². The number of aromatic hydroxyl groups is 1. The third-order valence-electron chi connectivity index (χ3n) is 2.32. The van der Waals surface area contributed by atoms with E-state index in [2.05, 4.69) is 0 Å². The van der Waals surface area contributed by atoms with Gasteiger partial charge in [-0.2, -0.15) is 0 Å². The number of aryl methyl sites for hydroxylation is 1. The fraction of sp³-hybridized carbons (Fsp3) is 0.400. The van der Waals surface area contributed by atoms with Crippen molar-refractivity contribution in [2.75, 3.05) is 5.73 Å². The lowest BCUT2D eigenvalue weighted by atomic mass is 9.96. The van der Waals surface area contributed by atoms with Crippen molar-refractivity contribution < 1.29 is 10.2 Å². The summed E-state index contributed by atoms with van der Waals surface area (Å²) >= 11 is 0. The predicted octanol–water partition coefficient (Wildman–Crippen LogP) is 0.663. The van der Waals surface area contributed by atoms with Crippen molar-refractivity contribution in [2.45, 2.75) is 26.0 Å². The molecule has 78 valence electrons. The van der Waals surface area contributed by atoms with Gasteiger partial charge in [0.25, 0.3) is 0 Å². The van der Waals surface area contributed by atoms with Gasteiger partial charge in [0, 0.05) is 5.56 Å². The number of rotatable bonds is 2. The molecule has 0 aliphatic rings. The van der Waals surface area contributed by atoms with Gasteiger partial charge in [-0.25, -0.2) is 0 Å². The average molecular weight is 196 g/mol. The number of benzene rings is 1. The SMILES string of the molecule is Cc1ccc(N)c(O)c1[C@H](N)[C@@H](C)O. The standard InChI is InChI=1S/C10H16N2O2/c1-5-3-4-7(11)10(14)8(5)9(12)6(2)13/h3-4,6,9,13-14H,11-12H2,1-2H3/t6-,9-/m1/s1. The van der Waals surface area contributed by atoms with E-state index in [1.807, 2.05) is 6.92 Å². The highest BCUT2D eigenvalue weighted by Gasteiger charge is 2.19. The first kappa shape index (κ1) is 10.8. The summed E-state index contributed by atoms with van der Waals surface area (Å²) in [5.74, 6) is -0.0293. The Morgan fingerprint density at radius 1 is 1.36 bits per heavy atom. The Hall–Kier alpha value is -1.26. The van der Waals surface area contributed by atoms with Crippen LogP contribution in [-0.2, 0) is 0 Å². The normalized spacial score (nSPS) is 15.1. The molecule has 0 radical (unpaired) electrons. The van der Waals surface area contributed by atoms with Gasteiger partial charge in [0.2, 0.25) is 0 Å². The van der Waals surface area contributed by atoms with E-state index in [0.29, 0.717) is 5.56 Å². The highest BCUT2D eigenvalue weighted by Crippen LogP contribution is 2.32. The molecule has 0 amide bonds. The Balaban J connectivity index is 3.25. The summed E-state index contributed by atoms with van der Waals surface area (Å²) in [7, 11) is 0. The molecule has 0 aromatic heterocycles. The molecule has 6 N–H and O–H groups in total. The smallest absolute Gasteiger partial charge is 0.143 e. The Labute approximate surface area is 83.2 Å². The molecule has 4 heteroatoms. The fourth-order valence-electron chi connectivity index (χ4n) is 1.39. The molecule has 0 spiro atoms. The molecule has 0 heterocycles. The molecular formula is C10H16N2O2. The van der Waals surface area contributed by atoms with E-state index < -0.39 is 12.1 Å². The van der Waals surface area contributed by atoms with E-state index >= 15 is 0 Å². The van der Waals surface area contributed by atoms with Crippen molar-refractivity contribution in [2.24, 2.45) is 5.73 Å². The summed E-state index contributed by atoms with van der Waals surface area (Å²) in [6, 6.07) is 2.77. The van der Waals surface area contributed by atoms with Crippen LogP contribution in [0.3, 0.4) is 0 Å². The van der Waals surface area contributed by atoms with Crippen LogP contribution in [0.1, 0.15) is 24.1 Å². The molecule has 0 bridgehead atoms. The summed E-state index contributed by atoms with van der Waals surface area (Å²) < 4.78 is 0. The second-order valence-electron chi connectivity index (χ2n) is 3.50. The van der Waals surface area contributed by atoms with Crippen LogP contribution in [-0.4, -0.2) is 16.3 Å². The molecule has 4 nitrogen and oxygen atoms in total. The average Bonchev–Trinajstić information content (AvgIpc) is 2.12. The van der Waals surface area contributed by atoms with Crippen molar-refractivity contribution in [3.63, 3.8) is 0 Å². The minimum absolute atomic E-state index is 0.0293. The van der Waals surface area contributed by atoms with Gasteiger partial charge in [0.1, 0.15) is 5.75 Å². The van der Waals surface area contributed by atoms with Crippen molar-refractivity contribution in [3.8, 4) is 5.75 Å². The minimum Gasteiger partial charge on any atom is -0.505 e. The molecule has 0 unspecified atom stereocenters. The first-order valence-corrected chi connectivity index (χ1v) is 4.46. The number of nitrogens with two attached hydrogens (primary N) is 2. The van der Waals surface area contributed by atoms with Gasteiger partial charge in [0.05, 0.1) is 17.8 Å². The maximum atomic E-state index is 9.68. The van der Waals surface area contributed by atoms with Crippen molar-refractivity contribution in [1.82, 2.24) is 0 Å². The zero-order valence-electron chi connectivity index (χ0n) is 8.36. The molecule has 0 fully saturated rings. The van der Waals surface area contributed by atoms with Crippen molar-refractivity contribution in [1.29, 1.82) is 0 Å². The van der Waals surface area contributed by atoms with Crippen LogP contribution in [0.15, 0.2) is 12.1 Å². The lowest BCUT2D eigenvalue weighted by Crippen LogP contribution is -2.24. The molecule has 2 atom stereocenters. The highest BCUT2D eigenvalue weighted by molar-refractivity contribution is 5.59. The fourth-order valence-corrected chi connectivity index (χ4v) is 1.39. The summed E-state index contributed by atoms with van der Waals surface area (Å²) in [6.45, 7) is 3.39. The third-order valence-corrected chi connectivity index (χ3v) is 2.32. The van der Waals surface area contributed by atoms with Crippen LogP contribution in [0.5, 0.6) is 5.75 Å². The number of hydrogen-bond acceptors (Lipinski definition) is 4. The summed E-state index contributed by atoms with van der Waals surface area (Å²) in [5, 5.41) is 19.0. The molecule has 1 rings (SSSR count). The van der Waals surface area contributed by atoms with Crippen LogP contribution in [0.4, 0.5) is 5.69 Å². The second-order valence-corrected chi connectivity index (χ2v) is 3.50. The Morgan fingerprint density at radius 3 is 2.43 bits per heavy atom. The molecule has 0 aliphatic heterocycles. The van der Waals surface area contributed by atoms with Gasteiger partial charge in [-0.15, -0.1) is 0 Å². The van der Waals surface area contributed by atoms with Gasteiger partial charge >= 0.3 is 0 Å². The number of hydrogen-bond donors (Lipinski definition) is 4. The van der Waals surface area contributed by atoms with Crippen molar-refractivity contribution in [3.05, 3.63) is 23.3 Å². The van der Waals surface area contributed by atoms with E-state index in [9.17, 15) is 10.2 Å².